The molecule has 1 fully saturated rings. The lowest BCUT2D eigenvalue weighted by molar-refractivity contribution is -0.142. The third-order valence-electron chi connectivity index (χ3n) is 5.45. The van der Waals surface area contributed by atoms with Gasteiger partial charge >= 0.3 is 5.97 Å². The first-order valence-corrected chi connectivity index (χ1v) is 12.8. The molecule has 0 aliphatic carbocycles. The summed E-state index contributed by atoms with van der Waals surface area (Å²) in [7, 11) is -3.55. The number of hydrogen-bond donors (Lipinski definition) is 0. The van der Waals surface area contributed by atoms with Crippen molar-refractivity contribution in [3.63, 3.8) is 0 Å². The molecule has 0 atom stereocenters. The minimum atomic E-state index is -3.55. The van der Waals surface area contributed by atoms with Crippen LogP contribution in [0.4, 0.5) is 0 Å². The van der Waals surface area contributed by atoms with Crippen LogP contribution in [0, 0.1) is 0 Å². The van der Waals surface area contributed by atoms with Gasteiger partial charge in [-0.15, -0.1) is 0 Å². The van der Waals surface area contributed by atoms with Crippen LogP contribution in [0.5, 0.6) is 5.75 Å². The van der Waals surface area contributed by atoms with Crippen LogP contribution < -0.4 is 4.74 Å². The maximum absolute atomic E-state index is 12.6. The molecule has 0 amide bonds. The summed E-state index contributed by atoms with van der Waals surface area (Å²) in [5.41, 5.74) is 0.714. The lowest BCUT2D eigenvalue weighted by Crippen LogP contribution is -2.27. The van der Waals surface area contributed by atoms with Gasteiger partial charge in [0.25, 0.3) is 0 Å². The number of sulfonamides is 1. The van der Waals surface area contributed by atoms with Gasteiger partial charge in [0, 0.05) is 30.6 Å². The minimum absolute atomic E-state index is 0.0365. The number of rotatable bonds is 12. The molecule has 1 saturated heterocycles. The molecule has 1 heterocycles. The Labute approximate surface area is 199 Å². The van der Waals surface area contributed by atoms with Crippen molar-refractivity contribution in [3.05, 3.63) is 59.7 Å². The molecule has 2 aromatic rings. The van der Waals surface area contributed by atoms with E-state index in [2.05, 4.69) is 0 Å². The zero-order valence-corrected chi connectivity index (χ0v) is 20.0. The summed E-state index contributed by atoms with van der Waals surface area (Å²) in [5.74, 6) is -0.636. The fourth-order valence-corrected chi connectivity index (χ4v) is 5.03. The molecular weight excluding hydrogens is 458 g/mol. The number of nitrogens with zero attached hydrogens (tertiary/aromatic N) is 1. The summed E-state index contributed by atoms with van der Waals surface area (Å²) in [5, 5.41) is 0. The van der Waals surface area contributed by atoms with Crippen LogP contribution in [0.3, 0.4) is 0 Å². The second-order valence-electron chi connectivity index (χ2n) is 8.02. The van der Waals surface area contributed by atoms with E-state index in [9.17, 15) is 22.8 Å². The first-order valence-electron chi connectivity index (χ1n) is 11.4. The molecule has 1 aliphatic rings. The van der Waals surface area contributed by atoms with Crippen molar-refractivity contribution in [3.8, 4) is 5.75 Å². The predicted molar refractivity (Wildman–Crippen MR) is 126 cm³/mol. The number of carbonyl (C=O) groups is 3. The highest BCUT2D eigenvalue weighted by Crippen LogP contribution is 2.21. The van der Waals surface area contributed by atoms with Crippen LogP contribution in [0.1, 0.15) is 59.7 Å². The Morgan fingerprint density at radius 3 is 2.06 bits per heavy atom. The van der Waals surface area contributed by atoms with E-state index in [0.29, 0.717) is 31.0 Å². The SMILES string of the molecule is CCCOc1ccc(C(=O)CCC(=O)OCC(=O)c2ccc(S(=O)(=O)N3CCCC3)cc2)cc1. The second-order valence-corrected chi connectivity index (χ2v) is 9.95. The predicted octanol–water partition coefficient (Wildman–Crippen LogP) is 3.65. The number of esters is 1. The van der Waals surface area contributed by atoms with E-state index in [-0.39, 0.29) is 29.1 Å². The Morgan fingerprint density at radius 1 is 0.853 bits per heavy atom. The van der Waals surface area contributed by atoms with Gasteiger partial charge in [-0.05, 0) is 67.8 Å². The van der Waals surface area contributed by atoms with Crippen molar-refractivity contribution in [2.75, 3.05) is 26.3 Å². The van der Waals surface area contributed by atoms with Gasteiger partial charge in [0.05, 0.1) is 17.9 Å². The molecule has 3 rings (SSSR count). The maximum Gasteiger partial charge on any atom is 0.306 e. The van der Waals surface area contributed by atoms with Gasteiger partial charge in [-0.2, -0.15) is 4.31 Å². The fraction of sp³-hybridized carbons (Fsp3) is 0.400. The molecule has 182 valence electrons. The molecule has 0 spiro atoms. The molecule has 0 radical (unpaired) electrons. The van der Waals surface area contributed by atoms with Gasteiger partial charge in [-0.1, -0.05) is 6.92 Å². The molecule has 1 aliphatic heterocycles. The number of benzene rings is 2. The Morgan fingerprint density at radius 2 is 1.44 bits per heavy atom. The van der Waals surface area contributed by atoms with E-state index in [0.717, 1.165) is 19.3 Å². The third kappa shape index (κ3) is 6.74. The molecular formula is C25H29NO7S. The van der Waals surface area contributed by atoms with Gasteiger partial charge in [-0.3, -0.25) is 14.4 Å². The van der Waals surface area contributed by atoms with Crippen molar-refractivity contribution in [1.82, 2.24) is 4.31 Å². The molecule has 0 bridgehead atoms. The Hall–Kier alpha value is -3.04. The Balaban J connectivity index is 1.44. The first-order chi connectivity index (χ1) is 16.3. The summed E-state index contributed by atoms with van der Waals surface area (Å²) in [6.45, 7) is 3.12. The lowest BCUT2D eigenvalue weighted by atomic mass is 10.1. The first kappa shape index (κ1) is 25.6. The van der Waals surface area contributed by atoms with Crippen molar-refractivity contribution in [2.24, 2.45) is 0 Å². The van der Waals surface area contributed by atoms with Crippen molar-refractivity contribution >= 4 is 27.6 Å². The summed E-state index contributed by atoms with van der Waals surface area (Å²) >= 11 is 0. The molecule has 0 N–H and O–H groups in total. The van der Waals surface area contributed by atoms with Crippen LogP contribution in [-0.2, 0) is 19.6 Å². The summed E-state index contributed by atoms with van der Waals surface area (Å²) in [4.78, 5) is 36.7. The average Bonchev–Trinajstić information content (AvgIpc) is 3.41. The van der Waals surface area contributed by atoms with Gasteiger partial charge in [0.1, 0.15) is 5.75 Å². The molecule has 8 nitrogen and oxygen atoms in total. The van der Waals surface area contributed by atoms with Crippen LogP contribution in [0.2, 0.25) is 0 Å². The van der Waals surface area contributed by atoms with E-state index in [1.54, 1.807) is 24.3 Å². The van der Waals surface area contributed by atoms with Crippen LogP contribution >= 0.6 is 0 Å². The van der Waals surface area contributed by atoms with Crippen molar-refractivity contribution in [1.29, 1.82) is 0 Å². The van der Waals surface area contributed by atoms with Crippen molar-refractivity contribution in [2.45, 2.75) is 43.9 Å². The normalized spacial score (nSPS) is 14.0. The maximum atomic E-state index is 12.6. The zero-order chi connectivity index (χ0) is 24.6. The van der Waals surface area contributed by atoms with E-state index in [4.69, 9.17) is 9.47 Å². The van der Waals surface area contributed by atoms with E-state index >= 15 is 0 Å². The minimum Gasteiger partial charge on any atom is -0.494 e. The van der Waals surface area contributed by atoms with Crippen LogP contribution in [0.25, 0.3) is 0 Å². The fourth-order valence-electron chi connectivity index (χ4n) is 3.51. The third-order valence-corrected chi connectivity index (χ3v) is 7.36. The highest BCUT2D eigenvalue weighted by atomic mass is 32.2. The number of ether oxygens (including phenoxy) is 2. The molecule has 0 unspecified atom stereocenters. The van der Waals surface area contributed by atoms with Crippen LogP contribution in [-0.4, -0.2) is 56.6 Å². The largest absolute Gasteiger partial charge is 0.494 e. The number of hydrogen-bond acceptors (Lipinski definition) is 7. The van der Waals surface area contributed by atoms with Gasteiger partial charge < -0.3 is 9.47 Å². The van der Waals surface area contributed by atoms with Gasteiger partial charge in [-0.25, -0.2) is 8.42 Å². The lowest BCUT2D eigenvalue weighted by Gasteiger charge is -2.15. The molecule has 0 saturated carbocycles. The van der Waals surface area contributed by atoms with Gasteiger partial charge in [0.2, 0.25) is 10.0 Å². The molecule has 9 heteroatoms. The summed E-state index contributed by atoms with van der Waals surface area (Å²) in [6.07, 6.45) is 2.38. The van der Waals surface area contributed by atoms with E-state index in [1.165, 1.54) is 28.6 Å². The highest BCUT2D eigenvalue weighted by molar-refractivity contribution is 7.89. The summed E-state index contributed by atoms with van der Waals surface area (Å²) < 4.78 is 37.0. The smallest absolute Gasteiger partial charge is 0.306 e. The quantitative estimate of drug-likeness (QED) is 0.332. The number of ketones is 2. The Bertz CT molecular complexity index is 1100. The van der Waals surface area contributed by atoms with Crippen molar-refractivity contribution < 1.29 is 32.3 Å². The number of carbonyl (C=O) groups excluding carboxylic acids is 3. The zero-order valence-electron chi connectivity index (χ0n) is 19.2. The molecule has 2 aromatic carbocycles. The Kier molecular flexibility index (Phi) is 8.95. The summed E-state index contributed by atoms with van der Waals surface area (Å²) in [6, 6.07) is 12.3. The topological polar surface area (TPSA) is 107 Å². The number of Topliss-reactive ketones (excluding diaryl/α,β-unsaturated/α-hetero) is 2. The van der Waals surface area contributed by atoms with Crippen LogP contribution in [0.15, 0.2) is 53.4 Å². The average molecular weight is 488 g/mol. The molecule has 34 heavy (non-hydrogen) atoms. The second kappa shape index (κ2) is 11.9. The highest BCUT2D eigenvalue weighted by Gasteiger charge is 2.27. The van der Waals surface area contributed by atoms with Gasteiger partial charge in [0.15, 0.2) is 18.2 Å². The molecule has 0 aromatic heterocycles. The van der Waals surface area contributed by atoms with E-state index < -0.39 is 28.4 Å². The van der Waals surface area contributed by atoms with E-state index in [1.807, 2.05) is 6.92 Å². The monoisotopic (exact) mass is 487 g/mol. The standard InChI is InChI=1S/C25H29NO7S/c1-2-17-32-21-9-5-19(6-10-21)23(27)13-14-25(29)33-18-24(28)20-7-11-22(12-8-20)34(30,31)26-15-3-4-16-26/h5-12H,2-4,13-18H2,1H3.